The van der Waals surface area contributed by atoms with Gasteiger partial charge in [0.05, 0.1) is 11.5 Å². The largest absolute Gasteiger partial charge is 0.464 e. The maximum atomic E-state index is 13.2. The maximum absolute atomic E-state index is 13.2. The molecule has 1 N–H and O–H groups in total. The third-order valence-electron chi connectivity index (χ3n) is 5.06. The summed E-state index contributed by atoms with van der Waals surface area (Å²) in [6.07, 6.45) is 0.675. The highest BCUT2D eigenvalue weighted by atomic mass is 32.2. The average Bonchev–Trinajstić information content (AvgIpc) is 2.71. The number of thioether (sulfide) groups is 1. The number of esters is 1. The van der Waals surface area contributed by atoms with Crippen LogP contribution in [0.1, 0.15) is 32.8 Å². The zero-order valence-electron chi connectivity index (χ0n) is 17.4. The SMILES string of the molecule is CCOC(=O)[C@@H](NC(=O)[C@@H]1CSCCN1S(=O)(=O)c1ccc(C)cc1)C(C)CC. The number of nitrogens with zero attached hydrogens (tertiary/aromatic N) is 1. The Hall–Kier alpha value is -1.58. The molecule has 1 amide bonds. The number of sulfonamides is 1. The molecule has 1 saturated heterocycles. The van der Waals surface area contributed by atoms with Gasteiger partial charge in [0.25, 0.3) is 0 Å². The molecule has 0 saturated carbocycles. The Kier molecular flexibility index (Phi) is 8.54. The molecule has 9 heteroatoms. The Morgan fingerprint density at radius 1 is 1.28 bits per heavy atom. The molecule has 0 aromatic heterocycles. The van der Waals surface area contributed by atoms with E-state index >= 15 is 0 Å². The van der Waals surface area contributed by atoms with Crippen molar-refractivity contribution in [1.29, 1.82) is 0 Å². The predicted octanol–water partition coefficient (Wildman–Crippen LogP) is 2.20. The number of rotatable bonds is 8. The summed E-state index contributed by atoms with van der Waals surface area (Å²) in [5.41, 5.74) is 0.957. The third-order valence-corrected chi connectivity index (χ3v) is 8.01. The van der Waals surface area contributed by atoms with E-state index in [1.165, 1.54) is 16.1 Å². The van der Waals surface area contributed by atoms with Crippen LogP contribution in [0.15, 0.2) is 29.2 Å². The van der Waals surface area contributed by atoms with E-state index in [0.29, 0.717) is 17.9 Å². The van der Waals surface area contributed by atoms with Crippen LogP contribution in [0.2, 0.25) is 0 Å². The summed E-state index contributed by atoms with van der Waals surface area (Å²) in [6.45, 7) is 7.84. The van der Waals surface area contributed by atoms with E-state index in [2.05, 4.69) is 5.32 Å². The molecule has 1 heterocycles. The Morgan fingerprint density at radius 2 is 1.93 bits per heavy atom. The number of ether oxygens (including phenoxy) is 1. The van der Waals surface area contributed by atoms with Crippen LogP contribution < -0.4 is 5.32 Å². The second-order valence-corrected chi connectivity index (χ2v) is 10.2. The number of benzene rings is 1. The van der Waals surface area contributed by atoms with E-state index in [4.69, 9.17) is 4.74 Å². The van der Waals surface area contributed by atoms with Crippen LogP contribution in [-0.4, -0.2) is 61.3 Å². The topological polar surface area (TPSA) is 92.8 Å². The van der Waals surface area contributed by atoms with Crippen LogP contribution >= 0.6 is 11.8 Å². The van der Waals surface area contributed by atoms with E-state index in [0.717, 1.165) is 5.56 Å². The summed E-state index contributed by atoms with van der Waals surface area (Å²) in [5.74, 6) is -0.136. The summed E-state index contributed by atoms with van der Waals surface area (Å²) in [5, 5.41) is 2.75. The third kappa shape index (κ3) is 5.73. The molecule has 1 aliphatic heterocycles. The first-order chi connectivity index (χ1) is 13.7. The van der Waals surface area contributed by atoms with Crippen molar-refractivity contribution in [2.45, 2.75) is 51.1 Å². The van der Waals surface area contributed by atoms with Crippen molar-refractivity contribution in [3.05, 3.63) is 29.8 Å². The lowest BCUT2D eigenvalue weighted by atomic mass is 9.99. The highest BCUT2D eigenvalue weighted by Gasteiger charge is 2.40. The number of hydrogen-bond donors (Lipinski definition) is 1. The molecule has 3 atom stereocenters. The van der Waals surface area contributed by atoms with E-state index < -0.39 is 34.0 Å². The summed E-state index contributed by atoms with van der Waals surface area (Å²) in [4.78, 5) is 25.5. The van der Waals surface area contributed by atoms with Gasteiger partial charge in [-0.05, 0) is 31.9 Å². The van der Waals surface area contributed by atoms with Gasteiger partial charge in [-0.2, -0.15) is 16.1 Å². The Bertz CT molecular complexity index is 811. The maximum Gasteiger partial charge on any atom is 0.328 e. The molecule has 1 fully saturated rings. The smallest absolute Gasteiger partial charge is 0.328 e. The average molecular weight is 443 g/mol. The molecule has 1 aromatic rings. The predicted molar refractivity (Wildman–Crippen MR) is 114 cm³/mol. The van der Waals surface area contributed by atoms with E-state index in [1.54, 1.807) is 31.2 Å². The van der Waals surface area contributed by atoms with Crippen LogP contribution in [0.4, 0.5) is 0 Å². The zero-order chi connectivity index (χ0) is 21.6. The molecule has 1 aliphatic rings. The number of amides is 1. The van der Waals surface area contributed by atoms with Gasteiger partial charge in [-0.15, -0.1) is 0 Å². The first-order valence-corrected chi connectivity index (χ1v) is 12.4. The normalized spacial score (nSPS) is 19.9. The summed E-state index contributed by atoms with van der Waals surface area (Å²) >= 11 is 1.53. The molecule has 0 aliphatic carbocycles. The Labute approximate surface area is 177 Å². The van der Waals surface area contributed by atoms with Crippen LogP contribution in [0.3, 0.4) is 0 Å². The van der Waals surface area contributed by atoms with Crippen LogP contribution in [0, 0.1) is 12.8 Å². The molecule has 162 valence electrons. The molecule has 7 nitrogen and oxygen atoms in total. The lowest BCUT2D eigenvalue weighted by Gasteiger charge is -2.34. The minimum Gasteiger partial charge on any atom is -0.464 e. The van der Waals surface area contributed by atoms with Crippen molar-refractivity contribution in [2.75, 3.05) is 24.7 Å². The van der Waals surface area contributed by atoms with Gasteiger partial charge in [-0.1, -0.05) is 38.0 Å². The summed E-state index contributed by atoms with van der Waals surface area (Å²) in [7, 11) is -3.82. The van der Waals surface area contributed by atoms with Gasteiger partial charge < -0.3 is 10.1 Å². The standard InChI is InChI=1S/C20H30N2O5S2/c1-5-15(4)18(20(24)27-6-2)21-19(23)17-13-28-12-11-22(17)29(25,26)16-9-7-14(3)8-10-16/h7-10,15,17-18H,5-6,11-13H2,1-4H3,(H,21,23)/t15?,17-,18-/m0/s1. The van der Waals surface area contributed by atoms with E-state index in [-0.39, 0.29) is 24.0 Å². The second-order valence-electron chi connectivity index (χ2n) is 7.14. The second kappa shape index (κ2) is 10.4. The minimum atomic E-state index is -3.82. The van der Waals surface area contributed by atoms with Crippen molar-refractivity contribution in [3.8, 4) is 0 Å². The fourth-order valence-electron chi connectivity index (χ4n) is 3.08. The van der Waals surface area contributed by atoms with Gasteiger partial charge in [0.15, 0.2) is 0 Å². The Balaban J connectivity index is 2.26. The molecule has 1 unspecified atom stereocenters. The molecule has 1 aromatic carbocycles. The van der Waals surface area contributed by atoms with Gasteiger partial charge >= 0.3 is 5.97 Å². The van der Waals surface area contributed by atoms with Crippen LogP contribution in [0.5, 0.6) is 0 Å². The molecule has 29 heavy (non-hydrogen) atoms. The van der Waals surface area contributed by atoms with Crippen LogP contribution in [-0.2, 0) is 24.3 Å². The van der Waals surface area contributed by atoms with Gasteiger partial charge in [-0.25, -0.2) is 13.2 Å². The lowest BCUT2D eigenvalue weighted by Crippen LogP contribution is -2.57. The minimum absolute atomic E-state index is 0.128. The summed E-state index contributed by atoms with van der Waals surface area (Å²) in [6, 6.07) is 4.91. The first-order valence-electron chi connectivity index (χ1n) is 9.85. The van der Waals surface area contributed by atoms with Gasteiger partial charge in [-0.3, -0.25) is 4.79 Å². The highest BCUT2D eigenvalue weighted by Crippen LogP contribution is 2.25. The number of aryl methyl sites for hydroxylation is 1. The number of nitrogens with one attached hydrogen (secondary N) is 1. The fourth-order valence-corrected chi connectivity index (χ4v) is 5.92. The van der Waals surface area contributed by atoms with Gasteiger partial charge in [0, 0.05) is 18.1 Å². The molecule has 0 bridgehead atoms. The molecule has 2 rings (SSSR count). The Morgan fingerprint density at radius 3 is 2.52 bits per heavy atom. The monoisotopic (exact) mass is 442 g/mol. The number of carbonyl (C=O) groups excluding carboxylic acids is 2. The van der Waals surface area contributed by atoms with Crippen molar-refractivity contribution >= 4 is 33.7 Å². The van der Waals surface area contributed by atoms with E-state index in [1.807, 2.05) is 20.8 Å². The molecular weight excluding hydrogens is 412 g/mol. The van der Waals surface area contributed by atoms with Crippen molar-refractivity contribution in [2.24, 2.45) is 5.92 Å². The number of hydrogen-bond acceptors (Lipinski definition) is 6. The van der Waals surface area contributed by atoms with Gasteiger partial charge in [0.2, 0.25) is 15.9 Å². The molecule has 0 radical (unpaired) electrons. The zero-order valence-corrected chi connectivity index (χ0v) is 19.0. The molecular formula is C20H30N2O5S2. The lowest BCUT2D eigenvalue weighted by molar-refractivity contribution is -0.149. The quantitative estimate of drug-likeness (QED) is 0.621. The van der Waals surface area contributed by atoms with E-state index in [9.17, 15) is 18.0 Å². The molecule has 0 spiro atoms. The highest BCUT2D eigenvalue weighted by molar-refractivity contribution is 7.99. The number of carbonyl (C=O) groups is 2. The first kappa shape index (κ1) is 23.7. The fraction of sp³-hybridized carbons (Fsp3) is 0.600. The van der Waals surface area contributed by atoms with Crippen molar-refractivity contribution in [3.63, 3.8) is 0 Å². The van der Waals surface area contributed by atoms with Crippen molar-refractivity contribution in [1.82, 2.24) is 9.62 Å². The summed E-state index contributed by atoms with van der Waals surface area (Å²) < 4.78 is 32.7. The van der Waals surface area contributed by atoms with Gasteiger partial charge in [0.1, 0.15) is 12.1 Å². The van der Waals surface area contributed by atoms with Crippen LogP contribution in [0.25, 0.3) is 0 Å². The van der Waals surface area contributed by atoms with Crippen molar-refractivity contribution < 1.29 is 22.7 Å².